The lowest BCUT2D eigenvalue weighted by atomic mass is 9.65. The second kappa shape index (κ2) is 7.99. The Balaban J connectivity index is 1.45. The number of ether oxygens (including phenoxy) is 1. The van der Waals surface area contributed by atoms with Crippen LogP contribution >= 0.6 is 0 Å². The predicted molar refractivity (Wildman–Crippen MR) is 122 cm³/mol. The average Bonchev–Trinajstić information content (AvgIpc) is 3.33. The smallest absolute Gasteiger partial charge is 0.141 e. The molecule has 0 unspecified atom stereocenters. The molecule has 0 spiro atoms. The van der Waals surface area contributed by atoms with Crippen molar-refractivity contribution in [3.63, 3.8) is 0 Å². The van der Waals surface area contributed by atoms with Crippen LogP contribution in [0.25, 0.3) is 10.9 Å². The molecule has 2 fully saturated rings. The van der Waals surface area contributed by atoms with E-state index in [9.17, 15) is 5.11 Å². The van der Waals surface area contributed by atoms with Gasteiger partial charge >= 0.3 is 0 Å². The fourth-order valence-electron chi connectivity index (χ4n) is 6.06. The zero-order valence-electron chi connectivity index (χ0n) is 18.9. The quantitative estimate of drug-likeness (QED) is 0.654. The van der Waals surface area contributed by atoms with Crippen molar-refractivity contribution >= 4 is 10.9 Å². The minimum Gasteiger partial charge on any atom is -0.497 e. The molecular weight excluding hydrogens is 388 g/mol. The van der Waals surface area contributed by atoms with Crippen molar-refractivity contribution in [3.05, 3.63) is 48.2 Å². The lowest BCUT2D eigenvalue weighted by molar-refractivity contribution is -0.155. The summed E-state index contributed by atoms with van der Waals surface area (Å²) in [5.41, 5.74) is 1.81. The van der Waals surface area contributed by atoms with E-state index in [1.807, 2.05) is 24.0 Å². The minimum absolute atomic E-state index is 0.222. The highest BCUT2D eigenvalue weighted by atomic mass is 16.5. The predicted octanol–water partition coefficient (Wildman–Crippen LogP) is 3.91. The number of methoxy groups -OCH3 is 1. The first-order valence-corrected chi connectivity index (χ1v) is 11.6. The van der Waals surface area contributed by atoms with Gasteiger partial charge in [-0.05, 0) is 43.0 Å². The fraction of sp³-hybridized carbons (Fsp3) is 0.560. The van der Waals surface area contributed by atoms with Gasteiger partial charge in [0, 0.05) is 74.6 Å². The number of aryl methyl sites for hydroxylation is 2. The third-order valence-corrected chi connectivity index (χ3v) is 7.52. The van der Waals surface area contributed by atoms with Crippen LogP contribution < -0.4 is 4.74 Å². The van der Waals surface area contributed by atoms with E-state index in [1.165, 1.54) is 22.9 Å². The third kappa shape index (κ3) is 3.37. The van der Waals surface area contributed by atoms with Crippen molar-refractivity contribution in [2.45, 2.75) is 51.3 Å². The van der Waals surface area contributed by atoms with Crippen LogP contribution in [0.3, 0.4) is 0 Å². The van der Waals surface area contributed by atoms with Crippen molar-refractivity contribution in [2.24, 2.45) is 18.9 Å². The molecule has 3 aromatic rings. The number of likely N-dealkylation sites (tertiary alicyclic amines) is 1. The van der Waals surface area contributed by atoms with Gasteiger partial charge in [-0.1, -0.05) is 13.3 Å². The Morgan fingerprint density at radius 3 is 2.65 bits per heavy atom. The van der Waals surface area contributed by atoms with Crippen molar-refractivity contribution in [1.29, 1.82) is 0 Å². The van der Waals surface area contributed by atoms with E-state index in [1.54, 1.807) is 7.11 Å². The molecule has 6 heteroatoms. The van der Waals surface area contributed by atoms with Crippen LogP contribution in [-0.4, -0.2) is 44.3 Å². The van der Waals surface area contributed by atoms with E-state index in [2.05, 4.69) is 45.8 Å². The van der Waals surface area contributed by atoms with Crippen molar-refractivity contribution in [1.82, 2.24) is 19.0 Å². The number of aromatic nitrogens is 3. The van der Waals surface area contributed by atoms with Crippen LogP contribution in [0, 0.1) is 11.8 Å². The molecule has 3 heterocycles. The highest BCUT2D eigenvalue weighted by Crippen LogP contribution is 2.48. The molecule has 2 aliphatic rings. The Labute approximate surface area is 184 Å². The minimum atomic E-state index is -0.813. The largest absolute Gasteiger partial charge is 0.497 e. The van der Waals surface area contributed by atoms with Crippen LogP contribution in [-0.2, 0) is 25.7 Å². The Hall–Kier alpha value is -2.31. The van der Waals surface area contributed by atoms with Crippen LogP contribution in [0.15, 0.2) is 36.8 Å². The Morgan fingerprint density at radius 1 is 1.23 bits per heavy atom. The summed E-state index contributed by atoms with van der Waals surface area (Å²) in [6, 6.07) is 6.40. The number of imidazole rings is 1. The Bertz CT molecular complexity index is 1050. The highest BCUT2D eigenvalue weighted by Gasteiger charge is 2.53. The number of rotatable bonds is 6. The van der Waals surface area contributed by atoms with Crippen molar-refractivity contribution in [2.75, 3.05) is 20.2 Å². The molecule has 2 bridgehead atoms. The first kappa shape index (κ1) is 20.6. The standard InChI is InChI=1S/C25H34N4O2/c1-4-11-29-15-18(22-13-21(31-3)8-9-23(22)29)14-28-16-19-6-5-7-20(17-28)25(19,30)24-26-10-12-27(24)2/h8-10,12-13,15,19-20,30H,4-7,11,14,16-17H2,1-3H3/t19-,20-/m1/s1. The maximum Gasteiger partial charge on any atom is 0.141 e. The molecule has 5 rings (SSSR count). The summed E-state index contributed by atoms with van der Waals surface area (Å²) in [7, 11) is 3.73. The maximum absolute atomic E-state index is 11.9. The van der Waals surface area contributed by atoms with Gasteiger partial charge in [-0.3, -0.25) is 4.90 Å². The molecule has 0 radical (unpaired) electrons. The van der Waals surface area contributed by atoms with Crippen LogP contribution in [0.4, 0.5) is 0 Å². The number of fused-ring (bicyclic) bond motifs is 3. The third-order valence-electron chi connectivity index (χ3n) is 7.52. The molecule has 6 nitrogen and oxygen atoms in total. The van der Waals surface area contributed by atoms with E-state index < -0.39 is 5.60 Å². The summed E-state index contributed by atoms with van der Waals surface area (Å²) in [4.78, 5) is 7.12. The molecule has 166 valence electrons. The van der Waals surface area contributed by atoms with E-state index in [-0.39, 0.29) is 11.8 Å². The highest BCUT2D eigenvalue weighted by molar-refractivity contribution is 5.85. The first-order valence-electron chi connectivity index (χ1n) is 11.6. The molecule has 1 aliphatic heterocycles. The number of aliphatic hydroxyl groups is 1. The van der Waals surface area contributed by atoms with Gasteiger partial charge in [0.2, 0.25) is 0 Å². The number of hydrogen-bond donors (Lipinski definition) is 1. The Morgan fingerprint density at radius 2 is 2.00 bits per heavy atom. The normalized spacial score (nSPS) is 26.5. The Kier molecular flexibility index (Phi) is 5.30. The summed E-state index contributed by atoms with van der Waals surface area (Å²) in [6.45, 7) is 5.96. The summed E-state index contributed by atoms with van der Waals surface area (Å²) < 4.78 is 9.89. The second-order valence-corrected chi connectivity index (χ2v) is 9.44. The van der Waals surface area contributed by atoms with E-state index in [0.29, 0.717) is 0 Å². The van der Waals surface area contributed by atoms with Crippen molar-refractivity contribution < 1.29 is 9.84 Å². The molecule has 1 aromatic carbocycles. The van der Waals surface area contributed by atoms with Crippen LogP contribution in [0.2, 0.25) is 0 Å². The summed E-state index contributed by atoms with van der Waals surface area (Å²) in [5, 5.41) is 13.1. The molecule has 31 heavy (non-hydrogen) atoms. The molecular formula is C25H34N4O2. The molecule has 1 saturated carbocycles. The van der Waals surface area contributed by atoms with E-state index >= 15 is 0 Å². The number of piperidine rings is 1. The molecule has 1 saturated heterocycles. The number of benzene rings is 1. The maximum atomic E-state index is 11.9. The number of nitrogens with zero attached hydrogens (tertiary/aromatic N) is 4. The van der Waals surface area contributed by atoms with Gasteiger partial charge in [-0.25, -0.2) is 4.98 Å². The lowest BCUT2D eigenvalue weighted by Crippen LogP contribution is -2.58. The summed E-state index contributed by atoms with van der Waals surface area (Å²) in [5.74, 6) is 2.19. The zero-order chi connectivity index (χ0) is 21.6. The van der Waals surface area contributed by atoms with E-state index in [4.69, 9.17) is 4.74 Å². The van der Waals surface area contributed by atoms with Crippen LogP contribution in [0.1, 0.15) is 44.0 Å². The first-order chi connectivity index (χ1) is 15.0. The molecule has 0 amide bonds. The van der Waals surface area contributed by atoms with Gasteiger partial charge in [-0.15, -0.1) is 0 Å². The SMILES string of the molecule is CCCn1cc(CN2C[C@H]3CCC[C@H](C2)C3(O)c2nccn2C)c2cc(OC)ccc21. The van der Waals surface area contributed by atoms with Gasteiger partial charge < -0.3 is 19.0 Å². The molecule has 1 N–H and O–H groups in total. The summed E-state index contributed by atoms with van der Waals surface area (Å²) >= 11 is 0. The topological polar surface area (TPSA) is 55.5 Å². The number of hydrogen-bond acceptors (Lipinski definition) is 4. The molecule has 2 atom stereocenters. The fourth-order valence-corrected chi connectivity index (χ4v) is 6.06. The van der Waals surface area contributed by atoms with Crippen LogP contribution in [0.5, 0.6) is 5.75 Å². The average molecular weight is 423 g/mol. The van der Waals surface area contributed by atoms with Crippen molar-refractivity contribution in [3.8, 4) is 5.75 Å². The van der Waals surface area contributed by atoms with Gasteiger partial charge in [0.15, 0.2) is 0 Å². The second-order valence-electron chi connectivity index (χ2n) is 9.44. The van der Waals surface area contributed by atoms with Gasteiger partial charge in [0.05, 0.1) is 7.11 Å². The van der Waals surface area contributed by atoms with Gasteiger partial charge in [-0.2, -0.15) is 0 Å². The molecule has 1 aliphatic carbocycles. The molecule has 2 aromatic heterocycles. The summed E-state index contributed by atoms with van der Waals surface area (Å²) in [6.07, 6.45) is 10.5. The lowest BCUT2D eigenvalue weighted by Gasteiger charge is -2.52. The zero-order valence-corrected chi connectivity index (χ0v) is 18.9. The van der Waals surface area contributed by atoms with E-state index in [0.717, 1.165) is 57.0 Å². The monoisotopic (exact) mass is 422 g/mol. The van der Waals surface area contributed by atoms with Gasteiger partial charge in [0.1, 0.15) is 17.2 Å². The van der Waals surface area contributed by atoms with Gasteiger partial charge in [0.25, 0.3) is 0 Å².